The topological polar surface area (TPSA) is 139 Å². The number of nitriles is 1. The molecule has 0 fully saturated rings. The number of anilines is 2. The summed E-state index contributed by atoms with van der Waals surface area (Å²) in [5, 5.41) is 11.5. The van der Waals surface area contributed by atoms with Gasteiger partial charge in [-0.05, 0) is 48.5 Å². The van der Waals surface area contributed by atoms with E-state index in [2.05, 4.69) is 15.3 Å². The number of nitrogen functional groups attached to an aromatic ring is 1. The first-order valence-electron chi connectivity index (χ1n) is 9.21. The maximum absolute atomic E-state index is 14.7. The number of carbonyl (C=O) groups is 1. The smallest absolute Gasteiger partial charge is 0.274 e. The standard InChI is InChI=1S/C22H17FN6O2/c1-22(29-20(26)15-8-13(25)3-7-19(15)31-22)16-9-14(4-5-17(16)23)28-21(30)18-6-2-12(10-24)11-27-18/h2-9,11H,25H2,1H3,(H2,26,29)(H,28,30). The summed E-state index contributed by atoms with van der Waals surface area (Å²) in [5.74, 6) is -0.514. The lowest BCUT2D eigenvalue weighted by molar-refractivity contribution is 0.0884. The highest BCUT2D eigenvalue weighted by atomic mass is 19.1. The minimum Gasteiger partial charge on any atom is -0.461 e. The number of nitrogens with one attached hydrogen (secondary N) is 1. The first-order valence-corrected chi connectivity index (χ1v) is 9.21. The minimum absolute atomic E-state index is 0.0866. The van der Waals surface area contributed by atoms with Gasteiger partial charge in [0.05, 0.1) is 16.7 Å². The Morgan fingerprint density at radius 2 is 2.00 bits per heavy atom. The molecule has 8 nitrogen and oxygen atoms in total. The van der Waals surface area contributed by atoms with E-state index in [-0.39, 0.29) is 17.1 Å². The summed E-state index contributed by atoms with van der Waals surface area (Å²) in [6.45, 7) is 1.57. The number of fused-ring (bicyclic) bond motifs is 1. The molecular weight excluding hydrogens is 399 g/mol. The van der Waals surface area contributed by atoms with Crippen LogP contribution in [0.5, 0.6) is 5.75 Å². The van der Waals surface area contributed by atoms with Gasteiger partial charge in [-0.25, -0.2) is 14.4 Å². The Labute approximate surface area is 177 Å². The maximum Gasteiger partial charge on any atom is 0.274 e. The van der Waals surface area contributed by atoms with Crippen molar-refractivity contribution in [1.82, 2.24) is 4.98 Å². The van der Waals surface area contributed by atoms with Gasteiger partial charge in [-0.3, -0.25) is 4.79 Å². The van der Waals surface area contributed by atoms with Gasteiger partial charge in [0.1, 0.15) is 29.2 Å². The lowest BCUT2D eigenvalue weighted by atomic mass is 10.0. The third-order valence-corrected chi connectivity index (χ3v) is 4.77. The molecule has 9 heteroatoms. The molecule has 4 rings (SSSR count). The van der Waals surface area contributed by atoms with Crippen LogP contribution in [0, 0.1) is 17.1 Å². The average Bonchev–Trinajstić information content (AvgIpc) is 2.75. The van der Waals surface area contributed by atoms with Crippen molar-refractivity contribution in [3.8, 4) is 11.8 Å². The molecule has 3 aromatic rings. The number of hydrogen-bond acceptors (Lipinski definition) is 7. The molecule has 1 unspecified atom stereocenters. The summed E-state index contributed by atoms with van der Waals surface area (Å²) >= 11 is 0. The molecule has 0 saturated carbocycles. The first-order chi connectivity index (χ1) is 14.8. The molecule has 2 aromatic carbocycles. The first kappa shape index (κ1) is 19.8. The van der Waals surface area contributed by atoms with E-state index in [1.54, 1.807) is 25.1 Å². The Morgan fingerprint density at radius 1 is 1.19 bits per heavy atom. The van der Waals surface area contributed by atoms with Gasteiger partial charge in [0, 0.05) is 24.5 Å². The van der Waals surface area contributed by atoms with Crippen molar-refractivity contribution in [3.63, 3.8) is 0 Å². The Bertz CT molecular complexity index is 1270. The third-order valence-electron chi connectivity index (χ3n) is 4.77. The Balaban J connectivity index is 1.65. The van der Waals surface area contributed by atoms with E-state index < -0.39 is 17.4 Å². The van der Waals surface area contributed by atoms with Crippen LogP contribution in [0.3, 0.4) is 0 Å². The number of amides is 1. The fourth-order valence-electron chi connectivity index (χ4n) is 3.23. The maximum atomic E-state index is 14.7. The van der Waals surface area contributed by atoms with E-state index in [4.69, 9.17) is 21.5 Å². The highest BCUT2D eigenvalue weighted by Crippen LogP contribution is 2.38. The Kier molecular flexibility index (Phi) is 4.75. The van der Waals surface area contributed by atoms with Crippen molar-refractivity contribution in [2.75, 3.05) is 11.1 Å². The van der Waals surface area contributed by atoms with Gasteiger partial charge in [-0.15, -0.1) is 0 Å². The number of aliphatic imine (C=N–C) groups is 1. The van der Waals surface area contributed by atoms with E-state index >= 15 is 0 Å². The number of nitrogens with zero attached hydrogens (tertiary/aromatic N) is 3. The molecule has 0 aliphatic carbocycles. The number of amidine groups is 1. The molecule has 0 saturated heterocycles. The van der Waals surface area contributed by atoms with Crippen LogP contribution in [0.2, 0.25) is 0 Å². The molecule has 5 N–H and O–H groups in total. The fourth-order valence-corrected chi connectivity index (χ4v) is 3.23. The molecule has 0 spiro atoms. The predicted octanol–water partition coefficient (Wildman–Crippen LogP) is 2.90. The number of nitrogens with two attached hydrogens (primary N) is 2. The number of carbonyl (C=O) groups excluding carboxylic acids is 1. The van der Waals surface area contributed by atoms with Gasteiger partial charge in [0.2, 0.25) is 5.72 Å². The van der Waals surface area contributed by atoms with Crippen molar-refractivity contribution < 1.29 is 13.9 Å². The zero-order valence-corrected chi connectivity index (χ0v) is 16.4. The van der Waals surface area contributed by atoms with E-state index in [1.165, 1.54) is 36.5 Å². The van der Waals surface area contributed by atoms with E-state index in [9.17, 15) is 9.18 Å². The van der Waals surface area contributed by atoms with Crippen LogP contribution in [-0.2, 0) is 5.72 Å². The molecule has 154 valence electrons. The molecule has 2 heterocycles. The molecule has 31 heavy (non-hydrogen) atoms. The summed E-state index contributed by atoms with van der Waals surface area (Å²) in [6, 6.07) is 13.8. The normalized spacial score (nSPS) is 17.0. The van der Waals surface area contributed by atoms with E-state index in [0.29, 0.717) is 28.3 Å². The number of benzene rings is 2. The molecule has 0 radical (unpaired) electrons. The zero-order chi connectivity index (χ0) is 22.2. The number of aromatic nitrogens is 1. The summed E-state index contributed by atoms with van der Waals surface area (Å²) in [6.07, 6.45) is 1.30. The van der Waals surface area contributed by atoms with Crippen molar-refractivity contribution in [2.45, 2.75) is 12.6 Å². The quantitative estimate of drug-likeness (QED) is 0.561. The van der Waals surface area contributed by atoms with Crippen LogP contribution in [0.4, 0.5) is 15.8 Å². The number of halogens is 1. The number of rotatable bonds is 3. The SMILES string of the molecule is CC1(c2cc(NC(=O)c3ccc(C#N)cn3)ccc2F)N=C(N)c2cc(N)ccc2O1. The highest BCUT2D eigenvalue weighted by molar-refractivity contribution is 6.03. The van der Waals surface area contributed by atoms with Gasteiger partial charge in [-0.1, -0.05) is 0 Å². The van der Waals surface area contributed by atoms with Gasteiger partial charge in [0.15, 0.2) is 0 Å². The molecule has 1 atom stereocenters. The lowest BCUT2D eigenvalue weighted by Crippen LogP contribution is -2.36. The number of pyridine rings is 1. The van der Waals surface area contributed by atoms with E-state index in [1.807, 2.05) is 6.07 Å². The van der Waals surface area contributed by atoms with Gasteiger partial charge in [-0.2, -0.15) is 5.26 Å². The van der Waals surface area contributed by atoms with E-state index in [0.717, 1.165) is 0 Å². The Hall–Kier alpha value is -4.45. The van der Waals surface area contributed by atoms with Gasteiger partial charge < -0.3 is 21.5 Å². The second-order valence-corrected chi connectivity index (χ2v) is 7.03. The van der Waals surface area contributed by atoms with Crippen LogP contribution in [0.15, 0.2) is 59.7 Å². The fraction of sp³-hybridized carbons (Fsp3) is 0.0909. The van der Waals surface area contributed by atoms with Crippen LogP contribution in [0.1, 0.15) is 34.1 Å². The molecular formula is C22H17FN6O2. The summed E-state index contributed by atoms with van der Waals surface area (Å²) in [7, 11) is 0. The highest BCUT2D eigenvalue weighted by Gasteiger charge is 2.36. The lowest BCUT2D eigenvalue weighted by Gasteiger charge is -2.33. The summed E-state index contributed by atoms with van der Waals surface area (Å²) in [4.78, 5) is 20.8. The van der Waals surface area contributed by atoms with Crippen molar-refractivity contribution >= 4 is 23.1 Å². The molecule has 1 amide bonds. The number of ether oxygens (including phenoxy) is 1. The van der Waals surface area contributed by atoms with Crippen LogP contribution >= 0.6 is 0 Å². The summed E-state index contributed by atoms with van der Waals surface area (Å²) < 4.78 is 20.7. The second kappa shape index (κ2) is 7.42. The third kappa shape index (κ3) is 3.74. The van der Waals surface area contributed by atoms with Gasteiger partial charge in [0.25, 0.3) is 5.91 Å². The number of hydrogen-bond donors (Lipinski definition) is 3. The van der Waals surface area contributed by atoms with Crippen molar-refractivity contribution in [2.24, 2.45) is 10.7 Å². The monoisotopic (exact) mass is 416 g/mol. The predicted molar refractivity (Wildman–Crippen MR) is 113 cm³/mol. The van der Waals surface area contributed by atoms with Crippen LogP contribution in [-0.4, -0.2) is 16.7 Å². The molecule has 1 aromatic heterocycles. The van der Waals surface area contributed by atoms with Gasteiger partial charge >= 0.3 is 0 Å². The van der Waals surface area contributed by atoms with Crippen molar-refractivity contribution in [3.05, 3.63) is 82.9 Å². The van der Waals surface area contributed by atoms with Crippen LogP contribution in [0.25, 0.3) is 0 Å². The summed E-state index contributed by atoms with van der Waals surface area (Å²) in [5.41, 5.74) is 12.3. The van der Waals surface area contributed by atoms with Crippen LogP contribution < -0.4 is 21.5 Å². The Morgan fingerprint density at radius 3 is 2.71 bits per heavy atom. The second-order valence-electron chi connectivity index (χ2n) is 7.03. The van der Waals surface area contributed by atoms with Crippen molar-refractivity contribution in [1.29, 1.82) is 5.26 Å². The zero-order valence-electron chi connectivity index (χ0n) is 16.4. The average molecular weight is 416 g/mol. The molecule has 1 aliphatic rings. The molecule has 0 bridgehead atoms. The largest absolute Gasteiger partial charge is 0.461 e. The minimum atomic E-state index is -1.45. The molecule has 1 aliphatic heterocycles.